The van der Waals surface area contributed by atoms with Crippen LogP contribution in [0.25, 0.3) is 10.9 Å². The molecule has 3 rings (SSSR count). The minimum absolute atomic E-state index is 0.658. The smallest absolute Gasteiger partial charge is 0.153 e. The summed E-state index contributed by atoms with van der Waals surface area (Å²) in [7, 11) is 0. The Morgan fingerprint density at radius 2 is 2.10 bits per heavy atom. The molecule has 0 atom stereocenters. The van der Waals surface area contributed by atoms with Gasteiger partial charge in [-0.05, 0) is 37.6 Å². The van der Waals surface area contributed by atoms with Crippen molar-refractivity contribution in [1.29, 1.82) is 0 Å². The lowest BCUT2D eigenvalue weighted by atomic mass is 10.1. The average Bonchev–Trinajstić information content (AvgIpc) is 2.73. The number of nitrogens with zero attached hydrogens (tertiary/aromatic N) is 3. The van der Waals surface area contributed by atoms with Crippen LogP contribution >= 0.6 is 0 Å². The van der Waals surface area contributed by atoms with Crippen molar-refractivity contribution in [2.75, 3.05) is 0 Å². The molecule has 0 aliphatic heterocycles. The highest BCUT2D eigenvalue weighted by atomic mass is 16.1. The predicted molar refractivity (Wildman–Crippen MR) is 77.9 cm³/mol. The number of aryl methyl sites for hydroxylation is 1. The molecule has 0 amide bonds. The Morgan fingerprint density at radius 1 is 1.25 bits per heavy atom. The largest absolute Gasteiger partial charge is 0.298 e. The third kappa shape index (κ3) is 2.09. The number of aldehydes is 1. The van der Waals surface area contributed by atoms with Crippen molar-refractivity contribution in [2.24, 2.45) is 0 Å². The third-order valence-electron chi connectivity index (χ3n) is 3.56. The number of benzene rings is 1. The summed E-state index contributed by atoms with van der Waals surface area (Å²) < 4.78 is 1.87. The number of carbonyl (C=O) groups excluding carboxylic acids is 1. The number of fused-ring (bicyclic) bond motifs is 1. The summed E-state index contributed by atoms with van der Waals surface area (Å²) >= 11 is 0. The van der Waals surface area contributed by atoms with Crippen LogP contribution in [-0.2, 0) is 6.54 Å². The number of hydrogen-bond acceptors (Lipinski definition) is 3. The molecule has 0 bridgehead atoms. The van der Waals surface area contributed by atoms with Crippen molar-refractivity contribution in [3.05, 3.63) is 59.0 Å². The number of hydrogen-bond donors (Lipinski definition) is 0. The quantitative estimate of drug-likeness (QED) is 0.684. The molecule has 4 nitrogen and oxygen atoms in total. The van der Waals surface area contributed by atoms with Gasteiger partial charge in [0.05, 0.1) is 23.3 Å². The summed E-state index contributed by atoms with van der Waals surface area (Å²) in [5.41, 5.74) is 4.50. The van der Waals surface area contributed by atoms with Crippen LogP contribution < -0.4 is 0 Å². The van der Waals surface area contributed by atoms with Gasteiger partial charge in [0, 0.05) is 17.3 Å². The monoisotopic (exact) mass is 265 g/mol. The molecule has 2 aromatic heterocycles. The van der Waals surface area contributed by atoms with E-state index >= 15 is 0 Å². The second-order valence-electron chi connectivity index (χ2n) is 4.89. The zero-order chi connectivity index (χ0) is 14.1. The minimum atomic E-state index is 0.658. The van der Waals surface area contributed by atoms with Crippen LogP contribution in [-0.4, -0.2) is 21.1 Å². The first-order valence-corrected chi connectivity index (χ1v) is 6.52. The summed E-state index contributed by atoms with van der Waals surface area (Å²) in [5.74, 6) is 0. The van der Waals surface area contributed by atoms with E-state index in [1.54, 1.807) is 6.20 Å². The van der Waals surface area contributed by atoms with E-state index in [-0.39, 0.29) is 0 Å². The summed E-state index contributed by atoms with van der Waals surface area (Å²) in [5, 5.41) is 5.54. The van der Waals surface area contributed by atoms with Crippen LogP contribution in [0, 0.1) is 13.8 Å². The van der Waals surface area contributed by atoms with E-state index in [1.807, 2.05) is 42.8 Å². The molecule has 0 radical (unpaired) electrons. The molecule has 20 heavy (non-hydrogen) atoms. The van der Waals surface area contributed by atoms with Gasteiger partial charge in [-0.3, -0.25) is 14.5 Å². The highest BCUT2D eigenvalue weighted by Gasteiger charge is 2.10. The molecule has 0 N–H and O–H groups in total. The van der Waals surface area contributed by atoms with Gasteiger partial charge in [-0.15, -0.1) is 0 Å². The van der Waals surface area contributed by atoms with Crippen LogP contribution in [0.1, 0.15) is 27.3 Å². The maximum Gasteiger partial charge on any atom is 0.153 e. The van der Waals surface area contributed by atoms with Crippen LogP contribution in [0.5, 0.6) is 0 Å². The Bertz CT molecular complexity index is 790. The highest BCUT2D eigenvalue weighted by Crippen LogP contribution is 2.16. The first kappa shape index (κ1) is 12.5. The van der Waals surface area contributed by atoms with Crippen LogP contribution in [0.4, 0.5) is 0 Å². The van der Waals surface area contributed by atoms with E-state index in [0.29, 0.717) is 12.1 Å². The Kier molecular flexibility index (Phi) is 3.06. The SMILES string of the molecule is Cc1nn(Cc2ccc3ncccc3c2)c(C)c1C=O. The fourth-order valence-corrected chi connectivity index (χ4v) is 2.43. The Balaban J connectivity index is 1.99. The Hall–Kier alpha value is -2.49. The minimum Gasteiger partial charge on any atom is -0.298 e. The Morgan fingerprint density at radius 3 is 2.85 bits per heavy atom. The van der Waals surface area contributed by atoms with Gasteiger partial charge in [-0.1, -0.05) is 12.1 Å². The molecular formula is C16H15N3O. The van der Waals surface area contributed by atoms with Crippen molar-refractivity contribution >= 4 is 17.2 Å². The topological polar surface area (TPSA) is 47.8 Å². The van der Waals surface area contributed by atoms with Gasteiger partial charge in [-0.25, -0.2) is 0 Å². The van der Waals surface area contributed by atoms with Gasteiger partial charge >= 0.3 is 0 Å². The second kappa shape index (κ2) is 4.89. The maximum absolute atomic E-state index is 11.0. The molecule has 0 unspecified atom stereocenters. The van der Waals surface area contributed by atoms with E-state index in [0.717, 1.165) is 34.1 Å². The summed E-state index contributed by atoms with van der Waals surface area (Å²) in [6.07, 6.45) is 2.66. The fraction of sp³-hybridized carbons (Fsp3) is 0.188. The molecule has 0 saturated heterocycles. The van der Waals surface area contributed by atoms with Crippen molar-refractivity contribution < 1.29 is 4.79 Å². The van der Waals surface area contributed by atoms with Crippen molar-refractivity contribution in [3.8, 4) is 0 Å². The zero-order valence-corrected chi connectivity index (χ0v) is 11.5. The fourth-order valence-electron chi connectivity index (χ4n) is 2.43. The first-order valence-electron chi connectivity index (χ1n) is 6.52. The zero-order valence-electron chi connectivity index (χ0n) is 11.5. The van der Waals surface area contributed by atoms with Gasteiger partial charge < -0.3 is 0 Å². The summed E-state index contributed by atoms with van der Waals surface area (Å²) in [6.45, 7) is 4.44. The second-order valence-corrected chi connectivity index (χ2v) is 4.89. The van der Waals surface area contributed by atoms with E-state index in [4.69, 9.17) is 0 Å². The number of rotatable bonds is 3. The standard InChI is InChI=1S/C16H15N3O/c1-11-15(10-20)12(2)19(18-11)9-13-5-6-16-14(8-13)4-3-7-17-16/h3-8,10H,9H2,1-2H3. The van der Waals surface area contributed by atoms with E-state index in [2.05, 4.69) is 16.1 Å². The van der Waals surface area contributed by atoms with Crippen molar-refractivity contribution in [2.45, 2.75) is 20.4 Å². The van der Waals surface area contributed by atoms with Gasteiger partial charge in [0.25, 0.3) is 0 Å². The van der Waals surface area contributed by atoms with Crippen LogP contribution in [0.3, 0.4) is 0 Å². The normalized spacial score (nSPS) is 10.9. The van der Waals surface area contributed by atoms with Crippen molar-refractivity contribution in [3.63, 3.8) is 0 Å². The number of pyridine rings is 1. The molecule has 2 heterocycles. The van der Waals surface area contributed by atoms with Crippen LogP contribution in [0.2, 0.25) is 0 Å². The maximum atomic E-state index is 11.0. The van der Waals surface area contributed by atoms with E-state index in [9.17, 15) is 4.79 Å². The van der Waals surface area contributed by atoms with Gasteiger partial charge in [0.2, 0.25) is 0 Å². The van der Waals surface area contributed by atoms with Crippen LogP contribution in [0.15, 0.2) is 36.5 Å². The molecule has 0 saturated carbocycles. The van der Waals surface area contributed by atoms with Crippen molar-refractivity contribution in [1.82, 2.24) is 14.8 Å². The van der Waals surface area contributed by atoms with Gasteiger partial charge in [0.1, 0.15) is 0 Å². The molecule has 3 aromatic rings. The molecule has 0 spiro atoms. The molecular weight excluding hydrogens is 250 g/mol. The lowest BCUT2D eigenvalue weighted by Crippen LogP contribution is -2.04. The lowest BCUT2D eigenvalue weighted by Gasteiger charge is -2.06. The molecule has 4 heteroatoms. The molecule has 1 aromatic carbocycles. The summed E-state index contributed by atoms with van der Waals surface area (Å²) in [6, 6.07) is 10.1. The van der Waals surface area contributed by atoms with E-state index in [1.165, 1.54) is 0 Å². The number of aromatic nitrogens is 3. The number of carbonyl (C=O) groups is 1. The summed E-state index contributed by atoms with van der Waals surface area (Å²) in [4.78, 5) is 15.3. The molecule has 0 aliphatic rings. The average molecular weight is 265 g/mol. The lowest BCUT2D eigenvalue weighted by molar-refractivity contribution is 0.112. The third-order valence-corrected chi connectivity index (χ3v) is 3.56. The van der Waals surface area contributed by atoms with E-state index < -0.39 is 0 Å². The molecule has 0 fully saturated rings. The highest BCUT2D eigenvalue weighted by molar-refractivity contribution is 5.79. The first-order chi connectivity index (χ1) is 9.69. The molecule has 100 valence electrons. The molecule has 0 aliphatic carbocycles. The van der Waals surface area contributed by atoms with Gasteiger partial charge in [-0.2, -0.15) is 5.10 Å². The van der Waals surface area contributed by atoms with Gasteiger partial charge in [0.15, 0.2) is 6.29 Å². The predicted octanol–water partition coefficient (Wildman–Crippen LogP) is 2.91. The Labute approximate surface area is 117 Å².